The van der Waals surface area contributed by atoms with Gasteiger partial charge in [-0.05, 0) is 45.4 Å². The van der Waals surface area contributed by atoms with Gasteiger partial charge in [-0.2, -0.15) is 0 Å². The fraction of sp³-hybridized carbons (Fsp3) is 0.588. The van der Waals surface area contributed by atoms with Crippen molar-refractivity contribution in [3.8, 4) is 0 Å². The summed E-state index contributed by atoms with van der Waals surface area (Å²) in [6, 6.07) is 4.58. The Morgan fingerprint density at radius 1 is 1.39 bits per heavy atom. The first-order valence-electron chi connectivity index (χ1n) is 8.28. The predicted octanol–water partition coefficient (Wildman–Crippen LogP) is 2.32. The lowest BCUT2D eigenvalue weighted by Gasteiger charge is -2.38. The molecule has 6 nitrogen and oxygen atoms in total. The van der Waals surface area contributed by atoms with Crippen molar-refractivity contribution in [3.05, 3.63) is 29.7 Å². The van der Waals surface area contributed by atoms with Crippen molar-refractivity contribution in [1.29, 1.82) is 0 Å². The topological polar surface area (TPSA) is 59.7 Å². The van der Waals surface area contributed by atoms with E-state index in [1.165, 1.54) is 26.4 Å². The van der Waals surface area contributed by atoms with E-state index in [2.05, 4.69) is 28.9 Å². The Kier molecular flexibility index (Phi) is 4.61. The number of ether oxygens (including phenoxy) is 1. The second-order valence-electron chi connectivity index (χ2n) is 6.41. The molecule has 2 aromatic rings. The SMILES string of the molecule is COC(=O)c1cccn2c(CC3CCCCN3C(C)C)nnc12. The number of fused-ring (bicyclic) bond motifs is 1. The van der Waals surface area contributed by atoms with Crippen molar-refractivity contribution in [1.82, 2.24) is 19.5 Å². The molecule has 6 heteroatoms. The minimum absolute atomic E-state index is 0.379. The van der Waals surface area contributed by atoms with Crippen LogP contribution in [-0.2, 0) is 11.2 Å². The lowest BCUT2D eigenvalue weighted by atomic mass is 9.97. The van der Waals surface area contributed by atoms with Crippen LogP contribution in [0.2, 0.25) is 0 Å². The number of carbonyl (C=O) groups excluding carboxylic acids is 1. The van der Waals surface area contributed by atoms with E-state index in [1.807, 2.05) is 16.7 Å². The van der Waals surface area contributed by atoms with Crippen LogP contribution in [0.4, 0.5) is 0 Å². The lowest BCUT2D eigenvalue weighted by Crippen LogP contribution is -2.45. The zero-order valence-electron chi connectivity index (χ0n) is 14.0. The molecule has 0 amide bonds. The average Bonchev–Trinajstić information content (AvgIpc) is 2.97. The number of likely N-dealkylation sites (tertiary alicyclic amines) is 1. The minimum atomic E-state index is -0.379. The van der Waals surface area contributed by atoms with Crippen molar-refractivity contribution in [2.45, 2.75) is 51.6 Å². The van der Waals surface area contributed by atoms with E-state index in [1.54, 1.807) is 6.07 Å². The monoisotopic (exact) mass is 316 g/mol. The highest BCUT2D eigenvalue weighted by Crippen LogP contribution is 2.23. The van der Waals surface area contributed by atoms with Gasteiger partial charge in [0, 0.05) is 24.7 Å². The van der Waals surface area contributed by atoms with E-state index in [0.29, 0.717) is 23.3 Å². The molecule has 1 atom stereocenters. The van der Waals surface area contributed by atoms with E-state index in [-0.39, 0.29) is 5.97 Å². The zero-order valence-corrected chi connectivity index (χ0v) is 14.0. The molecule has 0 aromatic carbocycles. The summed E-state index contributed by atoms with van der Waals surface area (Å²) in [7, 11) is 1.38. The standard InChI is InChI=1S/C17H24N4O2/c1-12(2)20-9-5-4-7-13(20)11-15-18-19-16-14(17(22)23-3)8-6-10-21(15)16/h6,8,10,12-13H,4-5,7,9,11H2,1-3H3. The van der Waals surface area contributed by atoms with E-state index in [0.717, 1.165) is 18.8 Å². The maximum absolute atomic E-state index is 11.9. The fourth-order valence-electron chi connectivity index (χ4n) is 3.50. The second kappa shape index (κ2) is 6.66. The third kappa shape index (κ3) is 3.08. The van der Waals surface area contributed by atoms with Gasteiger partial charge in [0.25, 0.3) is 0 Å². The number of hydrogen-bond donors (Lipinski definition) is 0. The summed E-state index contributed by atoms with van der Waals surface area (Å²) in [6.07, 6.45) is 6.48. The Labute approximate surface area is 136 Å². The summed E-state index contributed by atoms with van der Waals surface area (Å²) in [5, 5.41) is 8.56. The van der Waals surface area contributed by atoms with Crippen LogP contribution in [0.3, 0.4) is 0 Å². The van der Waals surface area contributed by atoms with Gasteiger partial charge < -0.3 is 4.74 Å². The van der Waals surface area contributed by atoms with Crippen LogP contribution in [-0.4, -0.2) is 51.2 Å². The molecule has 1 saturated heterocycles. The van der Waals surface area contributed by atoms with Crippen LogP contribution in [0.25, 0.3) is 5.65 Å². The van der Waals surface area contributed by atoms with Crippen LogP contribution in [0.5, 0.6) is 0 Å². The number of hydrogen-bond acceptors (Lipinski definition) is 5. The number of methoxy groups -OCH3 is 1. The Hall–Kier alpha value is -1.95. The molecule has 0 bridgehead atoms. The lowest BCUT2D eigenvalue weighted by molar-refractivity contribution is 0.0602. The number of carbonyl (C=O) groups is 1. The van der Waals surface area contributed by atoms with Gasteiger partial charge in [0.2, 0.25) is 0 Å². The number of pyridine rings is 1. The van der Waals surface area contributed by atoms with Crippen molar-refractivity contribution in [2.75, 3.05) is 13.7 Å². The summed E-state index contributed by atoms with van der Waals surface area (Å²) in [6.45, 7) is 5.64. The van der Waals surface area contributed by atoms with Crippen molar-refractivity contribution in [3.63, 3.8) is 0 Å². The van der Waals surface area contributed by atoms with Crippen molar-refractivity contribution >= 4 is 11.6 Å². The third-order valence-electron chi connectivity index (χ3n) is 4.66. The highest BCUT2D eigenvalue weighted by molar-refractivity contribution is 5.95. The van der Waals surface area contributed by atoms with Crippen LogP contribution in [0, 0.1) is 0 Å². The quantitative estimate of drug-likeness (QED) is 0.810. The van der Waals surface area contributed by atoms with Gasteiger partial charge in [0.1, 0.15) is 11.4 Å². The Balaban J connectivity index is 1.90. The van der Waals surface area contributed by atoms with Crippen LogP contribution in [0.1, 0.15) is 49.3 Å². The molecule has 0 spiro atoms. The number of esters is 1. The van der Waals surface area contributed by atoms with E-state index in [9.17, 15) is 4.79 Å². The highest BCUT2D eigenvalue weighted by atomic mass is 16.5. The number of aromatic nitrogens is 3. The Morgan fingerprint density at radius 3 is 2.96 bits per heavy atom. The van der Waals surface area contributed by atoms with E-state index in [4.69, 9.17) is 4.74 Å². The van der Waals surface area contributed by atoms with Gasteiger partial charge in [-0.1, -0.05) is 6.42 Å². The van der Waals surface area contributed by atoms with E-state index >= 15 is 0 Å². The summed E-state index contributed by atoms with van der Waals surface area (Å²) < 4.78 is 6.74. The Bertz CT molecular complexity index is 695. The molecule has 1 unspecified atom stereocenters. The van der Waals surface area contributed by atoms with Crippen LogP contribution in [0.15, 0.2) is 18.3 Å². The smallest absolute Gasteiger partial charge is 0.341 e. The third-order valence-corrected chi connectivity index (χ3v) is 4.66. The molecular formula is C17H24N4O2. The molecule has 1 aliphatic rings. The van der Waals surface area contributed by atoms with Gasteiger partial charge in [0.15, 0.2) is 5.65 Å². The molecule has 0 N–H and O–H groups in total. The number of piperidine rings is 1. The zero-order chi connectivity index (χ0) is 16.4. The second-order valence-corrected chi connectivity index (χ2v) is 6.41. The molecule has 2 aromatic heterocycles. The molecule has 0 saturated carbocycles. The van der Waals surface area contributed by atoms with E-state index < -0.39 is 0 Å². The summed E-state index contributed by atoms with van der Waals surface area (Å²) in [5.41, 5.74) is 1.03. The number of rotatable bonds is 4. The molecule has 0 radical (unpaired) electrons. The van der Waals surface area contributed by atoms with Crippen molar-refractivity contribution < 1.29 is 9.53 Å². The predicted molar refractivity (Wildman–Crippen MR) is 87.5 cm³/mol. The van der Waals surface area contributed by atoms with Gasteiger partial charge >= 0.3 is 5.97 Å². The first kappa shape index (κ1) is 15.9. The van der Waals surface area contributed by atoms with Gasteiger partial charge in [-0.15, -0.1) is 10.2 Å². The fourth-order valence-corrected chi connectivity index (χ4v) is 3.50. The summed E-state index contributed by atoms with van der Waals surface area (Å²) in [5.74, 6) is 0.527. The first-order valence-corrected chi connectivity index (χ1v) is 8.28. The summed E-state index contributed by atoms with van der Waals surface area (Å²) >= 11 is 0. The molecule has 3 rings (SSSR count). The normalized spacial score (nSPS) is 19.4. The van der Waals surface area contributed by atoms with Gasteiger partial charge in [-0.25, -0.2) is 4.79 Å². The average molecular weight is 316 g/mol. The molecule has 124 valence electrons. The molecule has 1 fully saturated rings. The largest absolute Gasteiger partial charge is 0.465 e. The molecule has 0 aliphatic carbocycles. The Morgan fingerprint density at radius 2 is 2.22 bits per heavy atom. The van der Waals surface area contributed by atoms with Gasteiger partial charge in [-0.3, -0.25) is 9.30 Å². The van der Waals surface area contributed by atoms with Crippen LogP contribution >= 0.6 is 0 Å². The minimum Gasteiger partial charge on any atom is -0.465 e. The molecule has 1 aliphatic heterocycles. The maximum Gasteiger partial charge on any atom is 0.341 e. The van der Waals surface area contributed by atoms with Crippen molar-refractivity contribution in [2.24, 2.45) is 0 Å². The molecular weight excluding hydrogens is 292 g/mol. The maximum atomic E-state index is 11.9. The molecule has 23 heavy (non-hydrogen) atoms. The molecule has 3 heterocycles. The first-order chi connectivity index (χ1) is 11.1. The van der Waals surface area contributed by atoms with Crippen LogP contribution < -0.4 is 0 Å². The van der Waals surface area contributed by atoms with Gasteiger partial charge in [0.05, 0.1) is 7.11 Å². The summed E-state index contributed by atoms with van der Waals surface area (Å²) in [4.78, 5) is 14.4. The highest BCUT2D eigenvalue weighted by Gasteiger charge is 2.26. The number of nitrogens with zero attached hydrogens (tertiary/aromatic N) is 4.